The predicted molar refractivity (Wildman–Crippen MR) is 83.4 cm³/mol. The molecule has 2 amide bonds. The molecule has 2 aliphatic rings. The molecule has 6 nitrogen and oxygen atoms in total. The van der Waals surface area contributed by atoms with Crippen LogP contribution in [0.5, 0.6) is 0 Å². The van der Waals surface area contributed by atoms with Gasteiger partial charge in [0.25, 0.3) is 0 Å². The van der Waals surface area contributed by atoms with Gasteiger partial charge >= 0.3 is 0 Å². The number of nitrogens with one attached hydrogen (secondary N) is 2. The van der Waals surface area contributed by atoms with Gasteiger partial charge in [-0.25, -0.2) is 0 Å². The smallest absolute Gasteiger partial charge is 0.245 e. The zero-order valence-electron chi connectivity index (χ0n) is 12.6. The monoisotopic (exact) mass is 315 g/mol. The van der Waals surface area contributed by atoms with Gasteiger partial charge in [-0.05, 0) is 32.9 Å². The van der Waals surface area contributed by atoms with Gasteiger partial charge in [0.1, 0.15) is 6.04 Å². The van der Waals surface area contributed by atoms with Crippen LogP contribution in [-0.2, 0) is 14.3 Å². The molecule has 0 radical (unpaired) electrons. The Balaban J connectivity index is 1.84. The maximum Gasteiger partial charge on any atom is 0.245 e. The van der Waals surface area contributed by atoms with Gasteiger partial charge in [0.15, 0.2) is 0 Å². The van der Waals surface area contributed by atoms with E-state index < -0.39 is 6.04 Å². The van der Waals surface area contributed by atoms with Crippen LogP contribution in [0.2, 0.25) is 0 Å². The second-order valence-electron chi connectivity index (χ2n) is 5.33. The summed E-state index contributed by atoms with van der Waals surface area (Å²) in [6.07, 6.45) is 2.22. The molecule has 1 unspecified atom stereocenters. The van der Waals surface area contributed by atoms with Gasteiger partial charge in [-0.2, -0.15) is 0 Å². The molecule has 7 heteroatoms. The molecular formula is C14H25N3O3S. The highest BCUT2D eigenvalue weighted by atomic mass is 32.2. The average Bonchev–Trinajstić information content (AvgIpc) is 2.54. The third kappa shape index (κ3) is 4.86. The molecule has 1 atom stereocenters. The van der Waals surface area contributed by atoms with Crippen molar-refractivity contribution in [3.05, 3.63) is 0 Å². The fourth-order valence-corrected chi connectivity index (χ4v) is 3.76. The van der Waals surface area contributed by atoms with Crippen molar-refractivity contribution < 1.29 is 14.3 Å². The third-order valence-electron chi connectivity index (χ3n) is 3.83. The van der Waals surface area contributed by atoms with E-state index >= 15 is 0 Å². The number of ether oxygens (including phenoxy) is 1. The molecule has 2 N–H and O–H groups in total. The van der Waals surface area contributed by atoms with E-state index in [9.17, 15) is 9.59 Å². The average molecular weight is 315 g/mol. The minimum atomic E-state index is -0.472. The number of likely N-dealkylation sites (N-methyl/N-ethyl adjacent to an activating group) is 1. The number of piperidine rings is 1. The van der Waals surface area contributed by atoms with Crippen molar-refractivity contribution in [2.75, 3.05) is 45.1 Å². The summed E-state index contributed by atoms with van der Waals surface area (Å²) in [4.78, 5) is 26.1. The van der Waals surface area contributed by atoms with Gasteiger partial charge < -0.3 is 20.3 Å². The van der Waals surface area contributed by atoms with Gasteiger partial charge in [0, 0.05) is 18.3 Å². The highest BCUT2D eigenvalue weighted by Gasteiger charge is 2.32. The number of amides is 2. The van der Waals surface area contributed by atoms with E-state index in [1.807, 2.05) is 6.92 Å². The van der Waals surface area contributed by atoms with E-state index in [1.54, 1.807) is 16.7 Å². The highest BCUT2D eigenvalue weighted by molar-refractivity contribution is 8.00. The Morgan fingerprint density at radius 2 is 2.14 bits per heavy atom. The molecule has 0 aromatic rings. The molecule has 21 heavy (non-hydrogen) atoms. The lowest BCUT2D eigenvalue weighted by molar-refractivity contribution is -0.146. The van der Waals surface area contributed by atoms with Gasteiger partial charge in [-0.1, -0.05) is 0 Å². The standard InChI is InChI=1S/C14H25N3O3S/c1-2-16-14(19)12-9-20-8-7-17(12)13(18)10-21-11-3-5-15-6-4-11/h11-12,15H,2-10H2,1H3,(H,16,19). The molecule has 0 saturated carbocycles. The maximum atomic E-state index is 12.4. The number of nitrogens with zero attached hydrogens (tertiary/aromatic N) is 1. The van der Waals surface area contributed by atoms with E-state index in [2.05, 4.69) is 10.6 Å². The van der Waals surface area contributed by atoms with E-state index in [1.165, 1.54) is 0 Å². The summed E-state index contributed by atoms with van der Waals surface area (Å²) in [5.74, 6) is 0.399. The lowest BCUT2D eigenvalue weighted by Crippen LogP contribution is -2.56. The SMILES string of the molecule is CCNC(=O)C1COCCN1C(=O)CSC1CCNCC1. The highest BCUT2D eigenvalue weighted by Crippen LogP contribution is 2.21. The second kappa shape index (κ2) is 8.60. The Morgan fingerprint density at radius 3 is 2.86 bits per heavy atom. The topological polar surface area (TPSA) is 70.7 Å². The minimum absolute atomic E-state index is 0.0538. The lowest BCUT2D eigenvalue weighted by Gasteiger charge is -2.35. The first-order valence-corrected chi connectivity index (χ1v) is 8.74. The Hall–Kier alpha value is -0.790. The van der Waals surface area contributed by atoms with Gasteiger partial charge in [-0.15, -0.1) is 11.8 Å². The summed E-state index contributed by atoms with van der Waals surface area (Å²) in [6, 6.07) is -0.472. The molecule has 2 fully saturated rings. The van der Waals surface area contributed by atoms with Crippen LogP contribution in [0.1, 0.15) is 19.8 Å². The maximum absolute atomic E-state index is 12.4. The zero-order valence-corrected chi connectivity index (χ0v) is 13.4. The normalized spacial score (nSPS) is 23.9. The zero-order chi connectivity index (χ0) is 15.1. The summed E-state index contributed by atoms with van der Waals surface area (Å²) in [7, 11) is 0. The molecule has 2 rings (SSSR count). The molecular weight excluding hydrogens is 290 g/mol. The van der Waals surface area contributed by atoms with E-state index in [0.717, 1.165) is 25.9 Å². The lowest BCUT2D eigenvalue weighted by atomic mass is 10.2. The van der Waals surface area contributed by atoms with Gasteiger partial charge in [-0.3, -0.25) is 9.59 Å². The van der Waals surface area contributed by atoms with Crippen molar-refractivity contribution in [3.8, 4) is 0 Å². The van der Waals surface area contributed by atoms with Crippen LogP contribution in [-0.4, -0.2) is 73.2 Å². The molecule has 0 aromatic heterocycles. The van der Waals surface area contributed by atoms with Crippen LogP contribution in [0, 0.1) is 0 Å². The summed E-state index contributed by atoms with van der Waals surface area (Å²) in [5, 5.41) is 6.66. The van der Waals surface area contributed by atoms with Crippen LogP contribution < -0.4 is 10.6 Å². The van der Waals surface area contributed by atoms with E-state index in [0.29, 0.717) is 37.3 Å². The predicted octanol–water partition coefficient (Wildman–Crippen LogP) is -0.165. The van der Waals surface area contributed by atoms with Crippen molar-refractivity contribution in [1.82, 2.24) is 15.5 Å². The van der Waals surface area contributed by atoms with Gasteiger partial charge in [0.2, 0.25) is 11.8 Å². The molecule has 0 aliphatic carbocycles. The molecule has 2 aliphatic heterocycles. The first-order chi connectivity index (χ1) is 10.2. The number of morpholine rings is 1. The Morgan fingerprint density at radius 1 is 1.38 bits per heavy atom. The van der Waals surface area contributed by atoms with Crippen LogP contribution in [0.4, 0.5) is 0 Å². The van der Waals surface area contributed by atoms with Crippen molar-refractivity contribution in [1.29, 1.82) is 0 Å². The quantitative estimate of drug-likeness (QED) is 0.737. The molecule has 0 spiro atoms. The second-order valence-corrected chi connectivity index (χ2v) is 6.62. The van der Waals surface area contributed by atoms with Crippen LogP contribution >= 0.6 is 11.8 Å². The molecule has 0 bridgehead atoms. The van der Waals surface area contributed by atoms with Crippen molar-refractivity contribution in [2.45, 2.75) is 31.1 Å². The fourth-order valence-electron chi connectivity index (χ4n) is 2.65. The van der Waals surface area contributed by atoms with E-state index in [4.69, 9.17) is 4.74 Å². The third-order valence-corrected chi connectivity index (χ3v) is 5.19. The van der Waals surface area contributed by atoms with Gasteiger partial charge in [0.05, 0.1) is 19.0 Å². The number of thioether (sulfide) groups is 1. The largest absolute Gasteiger partial charge is 0.377 e. The van der Waals surface area contributed by atoms with Crippen molar-refractivity contribution in [2.24, 2.45) is 0 Å². The summed E-state index contributed by atoms with van der Waals surface area (Å²) < 4.78 is 5.35. The van der Waals surface area contributed by atoms with Crippen molar-refractivity contribution in [3.63, 3.8) is 0 Å². The van der Waals surface area contributed by atoms with Crippen LogP contribution in [0.15, 0.2) is 0 Å². The Kier molecular flexibility index (Phi) is 6.79. The Labute approximate surface area is 130 Å². The molecule has 0 aromatic carbocycles. The summed E-state index contributed by atoms with van der Waals surface area (Å²) in [5.41, 5.74) is 0. The number of hydrogen-bond donors (Lipinski definition) is 2. The summed E-state index contributed by atoms with van der Waals surface area (Å²) >= 11 is 1.72. The van der Waals surface area contributed by atoms with E-state index in [-0.39, 0.29) is 11.8 Å². The first-order valence-electron chi connectivity index (χ1n) is 7.69. The number of carbonyl (C=O) groups excluding carboxylic acids is 2. The van der Waals surface area contributed by atoms with Crippen LogP contribution in [0.3, 0.4) is 0 Å². The number of hydrogen-bond acceptors (Lipinski definition) is 5. The minimum Gasteiger partial charge on any atom is -0.377 e. The van der Waals surface area contributed by atoms with Crippen molar-refractivity contribution >= 4 is 23.6 Å². The molecule has 2 saturated heterocycles. The molecule has 2 heterocycles. The fraction of sp³-hybridized carbons (Fsp3) is 0.857. The number of rotatable bonds is 5. The number of carbonyl (C=O) groups is 2. The van der Waals surface area contributed by atoms with Crippen LogP contribution in [0.25, 0.3) is 0 Å². The first kappa shape index (κ1) is 16.6. The summed E-state index contributed by atoms with van der Waals surface area (Å²) in [6.45, 7) is 5.83. The Bertz CT molecular complexity index is 361. The molecule has 120 valence electrons.